The molecule has 0 aliphatic heterocycles. The Morgan fingerprint density at radius 2 is 2.18 bits per heavy atom. The van der Waals surface area contributed by atoms with E-state index in [4.69, 9.17) is 5.73 Å². The van der Waals surface area contributed by atoms with Gasteiger partial charge in [-0.2, -0.15) is 0 Å². The minimum absolute atomic E-state index is 0.0628. The number of nitrogens with zero attached hydrogens (tertiary/aromatic N) is 2. The molecule has 6 nitrogen and oxygen atoms in total. The van der Waals surface area contributed by atoms with Gasteiger partial charge in [0.1, 0.15) is 18.0 Å². The third kappa shape index (κ3) is 3.90. The SMILES string of the molecule is CCCc1c(N)ncnc1NCC(=O)NCC. The van der Waals surface area contributed by atoms with Crippen LogP contribution in [0.15, 0.2) is 6.33 Å². The fourth-order valence-electron chi connectivity index (χ4n) is 1.50. The highest BCUT2D eigenvalue weighted by Gasteiger charge is 2.09. The maximum Gasteiger partial charge on any atom is 0.239 e. The molecule has 0 saturated carbocycles. The molecule has 94 valence electrons. The molecule has 0 radical (unpaired) electrons. The number of nitrogens with two attached hydrogens (primary N) is 1. The second-order valence-corrected chi connectivity index (χ2v) is 3.64. The van der Waals surface area contributed by atoms with E-state index in [1.165, 1.54) is 6.33 Å². The molecule has 0 bridgehead atoms. The van der Waals surface area contributed by atoms with Crippen LogP contribution in [-0.2, 0) is 11.2 Å². The number of amides is 1. The van der Waals surface area contributed by atoms with E-state index in [1.54, 1.807) is 0 Å². The van der Waals surface area contributed by atoms with E-state index in [9.17, 15) is 4.79 Å². The summed E-state index contributed by atoms with van der Waals surface area (Å²) < 4.78 is 0. The Balaban J connectivity index is 2.69. The Morgan fingerprint density at radius 3 is 2.82 bits per heavy atom. The second-order valence-electron chi connectivity index (χ2n) is 3.64. The standard InChI is InChI=1S/C11H19N5O/c1-3-5-8-10(12)15-7-16-11(8)14-6-9(17)13-4-2/h7H,3-6H2,1-2H3,(H,13,17)(H3,12,14,15,16). The number of nitrogens with one attached hydrogen (secondary N) is 2. The van der Waals surface area contributed by atoms with Gasteiger partial charge in [-0.05, 0) is 13.3 Å². The molecule has 17 heavy (non-hydrogen) atoms. The topological polar surface area (TPSA) is 92.9 Å². The van der Waals surface area contributed by atoms with E-state index in [0.29, 0.717) is 18.2 Å². The van der Waals surface area contributed by atoms with Crippen molar-refractivity contribution in [2.45, 2.75) is 26.7 Å². The molecule has 0 atom stereocenters. The Bertz CT molecular complexity index is 380. The molecule has 1 amide bonds. The summed E-state index contributed by atoms with van der Waals surface area (Å²) in [6.45, 7) is 4.75. The van der Waals surface area contributed by atoms with Crippen LogP contribution in [0.5, 0.6) is 0 Å². The molecule has 0 aliphatic rings. The van der Waals surface area contributed by atoms with Gasteiger partial charge >= 0.3 is 0 Å². The minimum Gasteiger partial charge on any atom is -0.383 e. The van der Waals surface area contributed by atoms with E-state index < -0.39 is 0 Å². The third-order valence-electron chi connectivity index (χ3n) is 2.27. The zero-order chi connectivity index (χ0) is 12.7. The number of aromatic nitrogens is 2. The fraction of sp³-hybridized carbons (Fsp3) is 0.545. The van der Waals surface area contributed by atoms with Crippen molar-refractivity contribution in [3.8, 4) is 0 Å². The van der Waals surface area contributed by atoms with Crippen LogP contribution in [0.1, 0.15) is 25.8 Å². The molecule has 0 spiro atoms. The van der Waals surface area contributed by atoms with E-state index in [0.717, 1.165) is 18.4 Å². The summed E-state index contributed by atoms with van der Waals surface area (Å²) in [4.78, 5) is 19.4. The van der Waals surface area contributed by atoms with Crippen LogP contribution in [0, 0.1) is 0 Å². The van der Waals surface area contributed by atoms with E-state index >= 15 is 0 Å². The zero-order valence-electron chi connectivity index (χ0n) is 10.3. The number of rotatable bonds is 6. The summed E-state index contributed by atoms with van der Waals surface area (Å²) >= 11 is 0. The summed E-state index contributed by atoms with van der Waals surface area (Å²) in [5.41, 5.74) is 6.66. The van der Waals surface area contributed by atoms with Crippen molar-refractivity contribution >= 4 is 17.5 Å². The van der Waals surface area contributed by atoms with Crippen molar-refractivity contribution in [3.05, 3.63) is 11.9 Å². The van der Waals surface area contributed by atoms with Crippen molar-refractivity contribution in [2.24, 2.45) is 0 Å². The summed E-state index contributed by atoms with van der Waals surface area (Å²) in [5, 5.41) is 5.69. The van der Waals surface area contributed by atoms with E-state index in [2.05, 4.69) is 27.5 Å². The van der Waals surface area contributed by atoms with Gasteiger partial charge in [0.15, 0.2) is 0 Å². The predicted molar refractivity (Wildman–Crippen MR) is 67.6 cm³/mol. The monoisotopic (exact) mass is 237 g/mol. The number of anilines is 2. The molecule has 6 heteroatoms. The highest BCUT2D eigenvalue weighted by molar-refractivity contribution is 5.80. The maximum atomic E-state index is 11.3. The van der Waals surface area contributed by atoms with Crippen LogP contribution < -0.4 is 16.4 Å². The Labute approximate surface area is 101 Å². The number of hydrogen-bond acceptors (Lipinski definition) is 5. The molecule has 0 aliphatic carbocycles. The number of carbonyl (C=O) groups excluding carboxylic acids is 1. The fourth-order valence-corrected chi connectivity index (χ4v) is 1.50. The third-order valence-corrected chi connectivity index (χ3v) is 2.27. The first-order valence-electron chi connectivity index (χ1n) is 5.78. The lowest BCUT2D eigenvalue weighted by molar-refractivity contribution is -0.119. The Kier molecular flexibility index (Phi) is 5.19. The van der Waals surface area contributed by atoms with Crippen LogP contribution in [0.2, 0.25) is 0 Å². The van der Waals surface area contributed by atoms with Crippen molar-refractivity contribution in [3.63, 3.8) is 0 Å². The Hall–Kier alpha value is -1.85. The van der Waals surface area contributed by atoms with Gasteiger partial charge in [-0.3, -0.25) is 4.79 Å². The quantitative estimate of drug-likeness (QED) is 0.672. The van der Waals surface area contributed by atoms with Crippen molar-refractivity contribution in [1.82, 2.24) is 15.3 Å². The molecule has 0 aromatic carbocycles. The van der Waals surface area contributed by atoms with Crippen molar-refractivity contribution in [1.29, 1.82) is 0 Å². The van der Waals surface area contributed by atoms with Crippen LogP contribution in [0.3, 0.4) is 0 Å². The molecule has 1 heterocycles. The van der Waals surface area contributed by atoms with Gasteiger partial charge in [-0.15, -0.1) is 0 Å². The molecular formula is C11H19N5O. The highest BCUT2D eigenvalue weighted by Crippen LogP contribution is 2.18. The lowest BCUT2D eigenvalue weighted by Gasteiger charge is -2.11. The van der Waals surface area contributed by atoms with Gasteiger partial charge in [-0.1, -0.05) is 13.3 Å². The summed E-state index contributed by atoms with van der Waals surface area (Å²) in [6.07, 6.45) is 3.15. The molecule has 0 saturated heterocycles. The lowest BCUT2D eigenvalue weighted by atomic mass is 10.1. The lowest BCUT2D eigenvalue weighted by Crippen LogP contribution is -2.30. The zero-order valence-corrected chi connectivity index (χ0v) is 10.3. The molecule has 1 aromatic heterocycles. The second kappa shape index (κ2) is 6.67. The molecule has 1 rings (SSSR count). The molecule has 0 fully saturated rings. The average molecular weight is 237 g/mol. The molecule has 4 N–H and O–H groups in total. The normalized spacial score (nSPS) is 10.0. The van der Waals surface area contributed by atoms with Gasteiger partial charge in [0.25, 0.3) is 0 Å². The Morgan fingerprint density at radius 1 is 1.41 bits per heavy atom. The van der Waals surface area contributed by atoms with Crippen LogP contribution in [0.25, 0.3) is 0 Å². The summed E-state index contributed by atoms with van der Waals surface area (Å²) in [6, 6.07) is 0. The smallest absolute Gasteiger partial charge is 0.239 e. The first-order valence-corrected chi connectivity index (χ1v) is 5.78. The van der Waals surface area contributed by atoms with Crippen LogP contribution >= 0.6 is 0 Å². The minimum atomic E-state index is -0.0628. The van der Waals surface area contributed by atoms with Gasteiger partial charge in [-0.25, -0.2) is 9.97 Å². The number of nitrogen functional groups attached to an aromatic ring is 1. The largest absolute Gasteiger partial charge is 0.383 e. The van der Waals surface area contributed by atoms with Gasteiger partial charge < -0.3 is 16.4 Å². The van der Waals surface area contributed by atoms with Crippen molar-refractivity contribution in [2.75, 3.05) is 24.1 Å². The molecular weight excluding hydrogens is 218 g/mol. The van der Waals surface area contributed by atoms with Gasteiger partial charge in [0.2, 0.25) is 5.91 Å². The number of likely N-dealkylation sites (N-methyl/N-ethyl adjacent to an activating group) is 1. The van der Waals surface area contributed by atoms with Crippen LogP contribution in [-0.4, -0.2) is 29.0 Å². The van der Waals surface area contributed by atoms with E-state index in [1.807, 2.05) is 6.92 Å². The first-order chi connectivity index (χ1) is 8.19. The van der Waals surface area contributed by atoms with Gasteiger partial charge in [0.05, 0.1) is 6.54 Å². The predicted octanol–water partition coefficient (Wildman–Crippen LogP) is 0.559. The first kappa shape index (κ1) is 13.2. The number of carbonyl (C=O) groups is 1. The van der Waals surface area contributed by atoms with Gasteiger partial charge in [0, 0.05) is 12.1 Å². The molecule has 1 aromatic rings. The highest BCUT2D eigenvalue weighted by atomic mass is 16.1. The van der Waals surface area contributed by atoms with Crippen LogP contribution in [0.4, 0.5) is 11.6 Å². The summed E-state index contributed by atoms with van der Waals surface area (Å²) in [5.74, 6) is 1.05. The molecule has 0 unspecified atom stereocenters. The maximum absolute atomic E-state index is 11.3. The average Bonchev–Trinajstić information content (AvgIpc) is 2.30. The van der Waals surface area contributed by atoms with E-state index in [-0.39, 0.29) is 12.5 Å². The summed E-state index contributed by atoms with van der Waals surface area (Å²) in [7, 11) is 0. The number of hydrogen-bond donors (Lipinski definition) is 3. The van der Waals surface area contributed by atoms with Crippen molar-refractivity contribution < 1.29 is 4.79 Å².